The van der Waals surface area contributed by atoms with E-state index < -0.39 is 23.8 Å². The van der Waals surface area contributed by atoms with Gasteiger partial charge >= 0.3 is 17.9 Å². The summed E-state index contributed by atoms with van der Waals surface area (Å²) in [6.07, 6.45) is 0. The molecular weight excluding hydrogens is 422 g/mol. The van der Waals surface area contributed by atoms with Gasteiger partial charge in [0.2, 0.25) is 12.5 Å². The van der Waals surface area contributed by atoms with E-state index in [1.54, 1.807) is 20.8 Å². The van der Waals surface area contributed by atoms with E-state index >= 15 is 0 Å². The number of ether oxygens (including phenoxy) is 6. The summed E-state index contributed by atoms with van der Waals surface area (Å²) >= 11 is 0. The van der Waals surface area contributed by atoms with E-state index in [0.29, 0.717) is 11.4 Å². The number of benzene rings is 1. The van der Waals surface area contributed by atoms with Crippen LogP contribution in [0.3, 0.4) is 0 Å². The standard InChI is InChI=1S/C22H25NO9/c1-7-30-22(26)15-11(3)23-10(2)14(20(24)28-5)16(15)12-8-13(27-4)18-19(32-9-31-18)17(12)21(25)29-6/h8,16,23H,7,9H2,1-6H3. The van der Waals surface area contributed by atoms with E-state index in [1.165, 1.54) is 27.4 Å². The molecule has 32 heavy (non-hydrogen) atoms. The number of carbonyl (C=O) groups excluding carboxylic acids is 3. The van der Waals surface area contributed by atoms with Gasteiger partial charge in [-0.05, 0) is 32.4 Å². The van der Waals surface area contributed by atoms with Gasteiger partial charge in [0.15, 0.2) is 11.5 Å². The van der Waals surface area contributed by atoms with Gasteiger partial charge in [0.1, 0.15) is 5.56 Å². The first kappa shape index (κ1) is 23.0. The molecule has 1 aromatic rings. The third kappa shape index (κ3) is 3.72. The number of rotatable bonds is 6. The molecule has 0 amide bonds. The van der Waals surface area contributed by atoms with Crippen LogP contribution >= 0.6 is 0 Å². The van der Waals surface area contributed by atoms with Crippen molar-refractivity contribution in [2.75, 3.05) is 34.7 Å². The summed E-state index contributed by atoms with van der Waals surface area (Å²) in [7, 11) is 3.88. The molecule has 2 aliphatic heterocycles. The second-order valence-corrected chi connectivity index (χ2v) is 6.95. The number of nitrogens with one attached hydrogen (secondary N) is 1. The summed E-state index contributed by atoms with van der Waals surface area (Å²) in [5.74, 6) is -2.49. The Balaban J connectivity index is 2.40. The van der Waals surface area contributed by atoms with Crippen LogP contribution < -0.4 is 19.5 Å². The predicted octanol–water partition coefficient (Wildman–Crippen LogP) is 2.18. The first-order valence-corrected chi connectivity index (χ1v) is 9.83. The van der Waals surface area contributed by atoms with Crippen LogP contribution in [-0.2, 0) is 23.8 Å². The van der Waals surface area contributed by atoms with Gasteiger partial charge < -0.3 is 33.7 Å². The highest BCUT2D eigenvalue weighted by molar-refractivity contribution is 6.03. The third-order valence-electron chi connectivity index (χ3n) is 5.22. The Morgan fingerprint density at radius 1 is 0.969 bits per heavy atom. The van der Waals surface area contributed by atoms with Crippen molar-refractivity contribution in [2.24, 2.45) is 0 Å². The first-order valence-electron chi connectivity index (χ1n) is 9.83. The topological polar surface area (TPSA) is 119 Å². The van der Waals surface area contributed by atoms with Crippen LogP contribution in [0.15, 0.2) is 28.6 Å². The van der Waals surface area contributed by atoms with E-state index in [0.717, 1.165) is 0 Å². The molecule has 1 aromatic carbocycles. The summed E-state index contributed by atoms with van der Waals surface area (Å²) in [5, 5.41) is 3.03. The zero-order chi connectivity index (χ0) is 23.6. The lowest BCUT2D eigenvalue weighted by molar-refractivity contribution is -0.139. The monoisotopic (exact) mass is 447 g/mol. The molecule has 10 nitrogen and oxygen atoms in total. The van der Waals surface area contributed by atoms with E-state index in [2.05, 4.69) is 5.32 Å². The maximum absolute atomic E-state index is 13.0. The summed E-state index contributed by atoms with van der Waals surface area (Å²) in [4.78, 5) is 38.7. The number of carbonyl (C=O) groups is 3. The largest absolute Gasteiger partial charge is 0.493 e. The lowest BCUT2D eigenvalue weighted by atomic mass is 9.78. The Bertz CT molecular complexity index is 1040. The molecule has 3 rings (SSSR count). The molecule has 2 heterocycles. The van der Waals surface area contributed by atoms with Crippen molar-refractivity contribution in [1.82, 2.24) is 5.32 Å². The molecule has 0 aliphatic carbocycles. The van der Waals surface area contributed by atoms with Gasteiger partial charge in [0.05, 0.1) is 45.0 Å². The second kappa shape index (κ2) is 9.21. The van der Waals surface area contributed by atoms with Crippen molar-refractivity contribution in [3.05, 3.63) is 39.7 Å². The fourth-order valence-electron chi connectivity index (χ4n) is 3.91. The zero-order valence-electron chi connectivity index (χ0n) is 18.7. The van der Waals surface area contributed by atoms with Crippen LogP contribution in [0.2, 0.25) is 0 Å². The van der Waals surface area contributed by atoms with Crippen molar-refractivity contribution in [1.29, 1.82) is 0 Å². The maximum Gasteiger partial charge on any atom is 0.342 e. The quantitative estimate of drug-likeness (QED) is 0.513. The Kier molecular flexibility index (Phi) is 6.61. The number of allylic oxidation sites excluding steroid dienone is 2. The number of hydrogen-bond acceptors (Lipinski definition) is 10. The van der Waals surface area contributed by atoms with Gasteiger partial charge in [-0.15, -0.1) is 0 Å². The summed E-state index contributed by atoms with van der Waals surface area (Å²) in [5.41, 5.74) is 1.46. The van der Waals surface area contributed by atoms with Gasteiger partial charge in [-0.2, -0.15) is 0 Å². The highest BCUT2D eigenvalue weighted by atomic mass is 16.7. The third-order valence-corrected chi connectivity index (χ3v) is 5.22. The Morgan fingerprint density at radius 3 is 2.12 bits per heavy atom. The number of esters is 3. The molecule has 2 aliphatic rings. The molecule has 0 radical (unpaired) electrons. The number of hydrogen-bond donors (Lipinski definition) is 1. The molecule has 0 saturated carbocycles. The Hall–Kier alpha value is -3.69. The van der Waals surface area contributed by atoms with Gasteiger partial charge in [0.25, 0.3) is 0 Å². The summed E-state index contributed by atoms with van der Waals surface area (Å²) in [6, 6.07) is 1.53. The van der Waals surface area contributed by atoms with Crippen LogP contribution in [0.5, 0.6) is 17.2 Å². The molecule has 0 bridgehead atoms. The van der Waals surface area contributed by atoms with E-state index in [1.807, 2.05) is 0 Å². The van der Waals surface area contributed by atoms with Crippen molar-refractivity contribution < 1.29 is 42.8 Å². The zero-order valence-corrected chi connectivity index (χ0v) is 18.7. The van der Waals surface area contributed by atoms with Crippen molar-refractivity contribution >= 4 is 17.9 Å². The Labute approximate surface area is 185 Å². The molecule has 1 atom stereocenters. The number of methoxy groups -OCH3 is 3. The maximum atomic E-state index is 13.0. The highest BCUT2D eigenvalue weighted by Gasteiger charge is 2.42. The van der Waals surface area contributed by atoms with Crippen LogP contribution in [0.4, 0.5) is 0 Å². The van der Waals surface area contributed by atoms with Crippen LogP contribution in [0.25, 0.3) is 0 Å². The van der Waals surface area contributed by atoms with Crippen molar-refractivity contribution in [3.63, 3.8) is 0 Å². The predicted molar refractivity (Wildman–Crippen MR) is 110 cm³/mol. The lowest BCUT2D eigenvalue weighted by Crippen LogP contribution is -2.33. The van der Waals surface area contributed by atoms with Gasteiger partial charge in [0, 0.05) is 11.4 Å². The fraction of sp³-hybridized carbons (Fsp3) is 0.409. The molecule has 0 fully saturated rings. The molecule has 0 saturated heterocycles. The molecule has 172 valence electrons. The smallest absolute Gasteiger partial charge is 0.342 e. The second-order valence-electron chi connectivity index (χ2n) is 6.95. The normalized spacial score (nSPS) is 17.0. The molecule has 0 spiro atoms. The molecular formula is C22H25NO9. The minimum Gasteiger partial charge on any atom is -0.493 e. The minimum atomic E-state index is -1.03. The number of dihydropyridines is 1. The summed E-state index contributed by atoms with van der Waals surface area (Å²) in [6.45, 7) is 5.01. The van der Waals surface area contributed by atoms with Crippen molar-refractivity contribution in [3.8, 4) is 17.2 Å². The highest BCUT2D eigenvalue weighted by Crippen LogP contribution is 2.50. The van der Waals surface area contributed by atoms with Crippen molar-refractivity contribution in [2.45, 2.75) is 26.7 Å². The average Bonchev–Trinajstić information content (AvgIpc) is 3.26. The molecule has 1 N–H and O–H groups in total. The van der Waals surface area contributed by atoms with Crippen LogP contribution in [0.1, 0.15) is 42.6 Å². The van der Waals surface area contributed by atoms with E-state index in [-0.39, 0.29) is 52.9 Å². The molecule has 10 heteroatoms. The van der Waals surface area contributed by atoms with Gasteiger partial charge in [-0.3, -0.25) is 0 Å². The van der Waals surface area contributed by atoms with E-state index in [4.69, 9.17) is 28.4 Å². The molecule has 1 unspecified atom stereocenters. The summed E-state index contributed by atoms with van der Waals surface area (Å²) < 4.78 is 31.7. The van der Waals surface area contributed by atoms with Gasteiger partial charge in [-0.1, -0.05) is 0 Å². The van der Waals surface area contributed by atoms with Gasteiger partial charge in [-0.25, -0.2) is 14.4 Å². The van der Waals surface area contributed by atoms with Crippen LogP contribution in [-0.4, -0.2) is 52.6 Å². The average molecular weight is 447 g/mol. The first-order chi connectivity index (χ1) is 15.3. The molecule has 0 aromatic heterocycles. The fourth-order valence-corrected chi connectivity index (χ4v) is 3.91. The minimum absolute atomic E-state index is 0.0106. The lowest BCUT2D eigenvalue weighted by Gasteiger charge is -2.31. The SMILES string of the molecule is CCOC(=O)C1=C(C)NC(C)=C(C(=O)OC)C1c1cc(OC)c2c(c1C(=O)OC)OCO2. The van der Waals surface area contributed by atoms with Crippen LogP contribution in [0, 0.1) is 0 Å². The Morgan fingerprint density at radius 2 is 1.56 bits per heavy atom. The van der Waals surface area contributed by atoms with E-state index in [9.17, 15) is 14.4 Å². The number of fused-ring (bicyclic) bond motifs is 1.